The summed E-state index contributed by atoms with van der Waals surface area (Å²) >= 11 is 0. The molecule has 0 bridgehead atoms. The lowest BCUT2D eigenvalue weighted by Crippen LogP contribution is -2.57. The number of carboxylic acid groups (broad SMARTS) is 1. The number of methoxy groups -OCH3 is 1. The van der Waals surface area contributed by atoms with E-state index >= 15 is 0 Å². The zero-order chi connectivity index (χ0) is 33.8. The molecule has 0 saturated carbocycles. The van der Waals surface area contributed by atoms with Gasteiger partial charge in [0.1, 0.15) is 36.2 Å². The van der Waals surface area contributed by atoms with Crippen LogP contribution in [0.25, 0.3) is 0 Å². The lowest BCUT2D eigenvalue weighted by atomic mass is 10.0. The van der Waals surface area contributed by atoms with Gasteiger partial charge in [-0.1, -0.05) is 18.2 Å². The molecule has 3 aromatic carbocycles. The number of carboxylic acids is 1. The van der Waals surface area contributed by atoms with E-state index in [2.05, 4.69) is 10.6 Å². The van der Waals surface area contributed by atoms with Crippen LogP contribution in [-0.4, -0.2) is 66.6 Å². The minimum absolute atomic E-state index is 0.00789. The topological polar surface area (TPSA) is 161 Å². The molecule has 3 aromatic rings. The van der Waals surface area contributed by atoms with E-state index in [0.717, 1.165) is 5.56 Å². The van der Waals surface area contributed by atoms with Crippen LogP contribution in [0.3, 0.4) is 0 Å². The molecule has 246 valence electrons. The van der Waals surface area contributed by atoms with Gasteiger partial charge in [-0.2, -0.15) is 4.39 Å². The molecule has 3 atom stereocenters. The van der Waals surface area contributed by atoms with E-state index in [0.29, 0.717) is 35.6 Å². The number of nitrogens with zero attached hydrogens (tertiary/aromatic N) is 1. The second kappa shape index (κ2) is 13.8. The number of Topliss-reactive ketones (excluding diaryl/α,β-unsaturated/α-hetero) is 1. The maximum atomic E-state index is 14.0. The van der Waals surface area contributed by atoms with Gasteiger partial charge in [-0.3, -0.25) is 24.1 Å². The average molecular weight is 656 g/mol. The highest BCUT2D eigenvalue weighted by Gasteiger charge is 2.45. The first-order valence-electron chi connectivity index (χ1n) is 14.3. The summed E-state index contributed by atoms with van der Waals surface area (Å²) in [5, 5.41) is 14.3. The molecule has 2 aliphatic heterocycles. The molecule has 3 unspecified atom stereocenters. The van der Waals surface area contributed by atoms with E-state index in [1.54, 1.807) is 30.3 Å². The minimum Gasteiger partial charge on any atom is -0.497 e. The van der Waals surface area contributed by atoms with Crippen molar-refractivity contribution >= 4 is 35.3 Å². The van der Waals surface area contributed by atoms with Crippen molar-refractivity contribution in [1.29, 1.82) is 0 Å². The Hall–Kier alpha value is -5.60. The van der Waals surface area contributed by atoms with Crippen molar-refractivity contribution in [3.63, 3.8) is 0 Å². The van der Waals surface area contributed by atoms with Crippen molar-refractivity contribution < 1.29 is 56.5 Å². The van der Waals surface area contributed by atoms with Crippen LogP contribution in [0.4, 0.5) is 23.7 Å². The van der Waals surface area contributed by atoms with Gasteiger partial charge in [0.05, 0.1) is 19.2 Å². The molecule has 0 fully saturated rings. The highest BCUT2D eigenvalue weighted by Crippen LogP contribution is 2.39. The number of nitrogens with one attached hydrogen (secondary N) is 2. The van der Waals surface area contributed by atoms with Gasteiger partial charge in [0.15, 0.2) is 23.2 Å². The number of carbonyl (C=O) groups is 5. The molecule has 0 radical (unpaired) electrons. The van der Waals surface area contributed by atoms with Crippen LogP contribution in [-0.2, 0) is 32.0 Å². The van der Waals surface area contributed by atoms with E-state index < -0.39 is 84.0 Å². The zero-order valence-electron chi connectivity index (χ0n) is 24.8. The molecule has 12 nitrogen and oxygen atoms in total. The number of halogens is 3. The summed E-state index contributed by atoms with van der Waals surface area (Å²) < 4.78 is 56.8. The number of aliphatic carboxylic acids is 1. The largest absolute Gasteiger partial charge is 0.497 e. The number of aryl methyl sites for hydroxylation is 1. The predicted molar refractivity (Wildman–Crippen MR) is 157 cm³/mol. The fourth-order valence-electron chi connectivity index (χ4n) is 5.47. The Morgan fingerprint density at radius 3 is 2.36 bits per heavy atom. The van der Waals surface area contributed by atoms with Gasteiger partial charge in [0.2, 0.25) is 17.6 Å². The van der Waals surface area contributed by atoms with Crippen molar-refractivity contribution in [2.75, 3.05) is 18.6 Å². The molecule has 3 amide bonds. The van der Waals surface area contributed by atoms with E-state index in [1.165, 1.54) is 24.1 Å². The maximum absolute atomic E-state index is 14.0. The second-order valence-corrected chi connectivity index (χ2v) is 10.7. The van der Waals surface area contributed by atoms with E-state index in [-0.39, 0.29) is 18.6 Å². The maximum Gasteiger partial charge on any atom is 0.413 e. The Morgan fingerprint density at radius 1 is 0.979 bits per heavy atom. The van der Waals surface area contributed by atoms with Crippen LogP contribution in [0.1, 0.15) is 24.0 Å². The van der Waals surface area contributed by atoms with Gasteiger partial charge < -0.3 is 30.0 Å². The fourth-order valence-corrected chi connectivity index (χ4v) is 5.47. The first kappa shape index (κ1) is 32.8. The molecular formula is C32H28F3N3O9. The summed E-state index contributed by atoms with van der Waals surface area (Å²) in [4.78, 5) is 66.0. The first-order valence-corrected chi connectivity index (χ1v) is 14.3. The van der Waals surface area contributed by atoms with Crippen molar-refractivity contribution in [2.45, 2.75) is 43.8 Å². The molecule has 5 rings (SSSR count). The highest BCUT2D eigenvalue weighted by atomic mass is 19.2. The average Bonchev–Trinajstić information content (AvgIpc) is 3.38. The van der Waals surface area contributed by atoms with Crippen molar-refractivity contribution in [3.05, 3.63) is 83.2 Å². The molecule has 2 aliphatic rings. The molecule has 0 saturated heterocycles. The normalized spacial score (nSPS) is 17.2. The lowest BCUT2D eigenvalue weighted by molar-refractivity contribution is -0.140. The molecule has 3 N–H and O–H groups in total. The predicted octanol–water partition coefficient (Wildman–Crippen LogP) is 3.08. The number of ketones is 1. The monoisotopic (exact) mass is 655 g/mol. The van der Waals surface area contributed by atoms with E-state index in [4.69, 9.17) is 14.2 Å². The molecule has 2 heterocycles. The van der Waals surface area contributed by atoms with Crippen LogP contribution in [0.2, 0.25) is 0 Å². The molecule has 0 aliphatic carbocycles. The molecule has 47 heavy (non-hydrogen) atoms. The summed E-state index contributed by atoms with van der Waals surface area (Å²) in [6.07, 6.45) is -1.31. The summed E-state index contributed by atoms with van der Waals surface area (Å²) in [5.74, 6) is -8.99. The highest BCUT2D eigenvalue weighted by molar-refractivity contribution is 6.08. The number of para-hydroxylation sites is 1. The minimum atomic E-state index is -1.74. The quantitative estimate of drug-likeness (QED) is 0.264. The van der Waals surface area contributed by atoms with Crippen molar-refractivity contribution in [1.82, 2.24) is 10.6 Å². The molecule has 0 spiro atoms. The van der Waals surface area contributed by atoms with Gasteiger partial charge in [0, 0.05) is 6.42 Å². The fraction of sp³-hybridized carbons (Fsp3) is 0.281. The van der Waals surface area contributed by atoms with Crippen LogP contribution < -0.4 is 29.7 Å². The summed E-state index contributed by atoms with van der Waals surface area (Å²) in [7, 11) is 1.48. The van der Waals surface area contributed by atoms with Crippen molar-refractivity contribution in [3.8, 4) is 17.2 Å². The first-order chi connectivity index (χ1) is 22.5. The van der Waals surface area contributed by atoms with E-state index in [1.807, 2.05) is 0 Å². The zero-order valence-corrected chi connectivity index (χ0v) is 24.8. The van der Waals surface area contributed by atoms with Gasteiger partial charge >= 0.3 is 12.1 Å². The van der Waals surface area contributed by atoms with Crippen LogP contribution in [0, 0.1) is 17.5 Å². The van der Waals surface area contributed by atoms with Gasteiger partial charge in [-0.15, -0.1) is 0 Å². The Kier molecular flexibility index (Phi) is 9.63. The molecular weight excluding hydrogens is 627 g/mol. The smallest absolute Gasteiger partial charge is 0.413 e. The summed E-state index contributed by atoms with van der Waals surface area (Å²) in [5.41, 5.74) is 1.83. The third-order valence-corrected chi connectivity index (χ3v) is 7.72. The van der Waals surface area contributed by atoms with Gasteiger partial charge in [-0.05, 0) is 60.4 Å². The van der Waals surface area contributed by atoms with Crippen LogP contribution in [0.5, 0.6) is 17.2 Å². The summed E-state index contributed by atoms with van der Waals surface area (Å²) in [6.45, 7) is -1.10. The number of amides is 3. The number of hydrogen-bond acceptors (Lipinski definition) is 8. The van der Waals surface area contributed by atoms with Crippen molar-refractivity contribution in [2.24, 2.45) is 0 Å². The molecule has 0 aromatic heterocycles. The number of carbonyl (C=O) groups excluding carboxylic acids is 4. The number of ether oxygens (including phenoxy) is 3. The molecule has 15 heteroatoms. The third-order valence-electron chi connectivity index (χ3n) is 7.72. The SMILES string of the molecule is COc1ccc(OC(=O)NC2CCc3cccc4c3N(C2=O)C(C(=O)NC(CC(=O)O)C(=O)COc2c(F)ccc(F)c2F)C4)cc1. The van der Waals surface area contributed by atoms with Crippen LogP contribution >= 0.6 is 0 Å². The Balaban J connectivity index is 1.32. The van der Waals surface area contributed by atoms with Crippen LogP contribution in [0.15, 0.2) is 54.6 Å². The Bertz CT molecular complexity index is 1730. The van der Waals surface area contributed by atoms with Gasteiger partial charge in [0.25, 0.3) is 0 Å². The van der Waals surface area contributed by atoms with E-state index in [9.17, 15) is 42.3 Å². The second-order valence-electron chi connectivity index (χ2n) is 10.7. The third kappa shape index (κ3) is 7.13. The Morgan fingerprint density at radius 2 is 1.66 bits per heavy atom. The number of rotatable bonds is 11. The lowest BCUT2D eigenvalue weighted by Gasteiger charge is -2.28. The number of hydrogen-bond donors (Lipinski definition) is 3. The Labute approximate surface area is 265 Å². The standard InChI is InChI=1S/C32H28F3N3O9/c1-45-18-6-8-19(9-7-18)47-32(44)37-22-12-5-16-3-2-4-17-13-24(38(28(16)17)31(22)43)30(42)36-23(14-26(40)41)25(39)15-46-29-21(34)11-10-20(33)27(29)35/h2-4,6-11,22-24H,5,12-15H2,1H3,(H,36,42)(H,37,44)(H,40,41). The number of anilines is 1. The van der Waals surface area contributed by atoms with Gasteiger partial charge in [-0.25, -0.2) is 13.6 Å². The number of benzene rings is 3. The summed E-state index contributed by atoms with van der Waals surface area (Å²) in [6, 6.07) is 8.41.